The Hall–Kier alpha value is -2.38. The lowest BCUT2D eigenvalue weighted by Crippen LogP contribution is -2.41. The summed E-state index contributed by atoms with van der Waals surface area (Å²) in [5, 5.41) is 10.9. The third kappa shape index (κ3) is 5.64. The normalized spacial score (nSPS) is 11.8. The van der Waals surface area contributed by atoms with E-state index in [0.717, 1.165) is 0 Å². The molecule has 0 aliphatic carbocycles. The van der Waals surface area contributed by atoms with Gasteiger partial charge in [0.25, 0.3) is 0 Å². The van der Waals surface area contributed by atoms with Crippen molar-refractivity contribution in [3.05, 3.63) is 18.2 Å². The zero-order valence-corrected chi connectivity index (χ0v) is 12.4. The van der Waals surface area contributed by atoms with Crippen LogP contribution in [0.2, 0.25) is 0 Å². The largest absolute Gasteiger partial charge is 0.481 e. The first kappa shape index (κ1) is 16.7. The van der Waals surface area contributed by atoms with Crippen LogP contribution in [-0.2, 0) is 23.2 Å². The number of carbonyl (C=O) groups excluding carboxylic acids is 2. The smallest absolute Gasteiger partial charge is 0.324 e. The molecule has 0 saturated carbocycles. The van der Waals surface area contributed by atoms with Crippen molar-refractivity contribution in [1.29, 1.82) is 0 Å². The summed E-state index contributed by atoms with van der Waals surface area (Å²) >= 11 is 0. The molecule has 1 aromatic rings. The van der Waals surface area contributed by atoms with Gasteiger partial charge in [-0.3, -0.25) is 14.9 Å². The molecule has 1 rings (SSSR count). The highest BCUT2D eigenvalue weighted by molar-refractivity contribution is 5.94. The van der Waals surface area contributed by atoms with E-state index in [-0.39, 0.29) is 25.3 Å². The van der Waals surface area contributed by atoms with Crippen LogP contribution in [0.15, 0.2) is 12.4 Å². The van der Waals surface area contributed by atoms with Crippen molar-refractivity contribution in [2.24, 2.45) is 13.0 Å². The van der Waals surface area contributed by atoms with E-state index in [1.807, 2.05) is 7.05 Å². The number of aliphatic carboxylic acids is 1. The fraction of sp³-hybridized carbons (Fsp3) is 0.538. The van der Waals surface area contributed by atoms with Crippen molar-refractivity contribution in [3.8, 4) is 0 Å². The second-order valence-electron chi connectivity index (χ2n) is 5.07. The van der Waals surface area contributed by atoms with Crippen molar-refractivity contribution in [2.75, 3.05) is 7.05 Å². The minimum atomic E-state index is -0.964. The maximum Gasteiger partial charge on any atom is 0.324 e. The molecule has 1 aromatic heterocycles. The van der Waals surface area contributed by atoms with Crippen LogP contribution in [0, 0.1) is 5.92 Å². The number of imidazole rings is 1. The minimum absolute atomic E-state index is 0.00567. The number of urea groups is 1. The predicted octanol–water partition coefficient (Wildman–Crippen LogP) is 0.589. The number of imide groups is 1. The van der Waals surface area contributed by atoms with Gasteiger partial charge in [-0.25, -0.2) is 9.78 Å². The number of aryl methyl sites for hydroxylation is 1. The van der Waals surface area contributed by atoms with Crippen LogP contribution < -0.4 is 5.32 Å². The van der Waals surface area contributed by atoms with Gasteiger partial charge in [0, 0.05) is 39.3 Å². The van der Waals surface area contributed by atoms with E-state index >= 15 is 0 Å². The van der Waals surface area contributed by atoms with Gasteiger partial charge in [0.1, 0.15) is 5.82 Å². The average Bonchev–Trinajstić information content (AvgIpc) is 2.73. The Morgan fingerprint density at radius 1 is 1.43 bits per heavy atom. The molecule has 0 fully saturated rings. The molecule has 0 saturated heterocycles. The van der Waals surface area contributed by atoms with Crippen molar-refractivity contribution < 1.29 is 19.5 Å². The summed E-state index contributed by atoms with van der Waals surface area (Å²) < 4.78 is 1.78. The molecule has 8 heteroatoms. The number of carboxylic acid groups (broad SMARTS) is 1. The number of carboxylic acids is 1. The second kappa shape index (κ2) is 7.41. The van der Waals surface area contributed by atoms with Crippen molar-refractivity contribution in [2.45, 2.75) is 26.3 Å². The molecule has 8 nitrogen and oxygen atoms in total. The lowest BCUT2D eigenvalue weighted by atomic mass is 10.0. The highest BCUT2D eigenvalue weighted by atomic mass is 16.4. The van der Waals surface area contributed by atoms with E-state index in [0.29, 0.717) is 5.82 Å². The quantitative estimate of drug-likeness (QED) is 0.799. The SMILES string of the molecule is CC(CC(=O)O)CC(=O)NC(=O)N(C)Cc1nccn1C. The van der Waals surface area contributed by atoms with Gasteiger partial charge in [0.15, 0.2) is 0 Å². The fourth-order valence-corrected chi connectivity index (χ4v) is 1.79. The van der Waals surface area contributed by atoms with Crippen LogP contribution in [0.1, 0.15) is 25.6 Å². The van der Waals surface area contributed by atoms with Crippen LogP contribution in [0.5, 0.6) is 0 Å². The van der Waals surface area contributed by atoms with Crippen LogP contribution in [0.4, 0.5) is 4.79 Å². The van der Waals surface area contributed by atoms with E-state index in [2.05, 4.69) is 10.3 Å². The number of rotatable bonds is 6. The fourth-order valence-electron chi connectivity index (χ4n) is 1.79. The van der Waals surface area contributed by atoms with Gasteiger partial charge in [-0.15, -0.1) is 0 Å². The molecule has 2 N–H and O–H groups in total. The molecule has 0 aliphatic rings. The molecule has 0 radical (unpaired) electrons. The summed E-state index contributed by atoms with van der Waals surface area (Å²) in [5.74, 6) is -1.08. The maximum absolute atomic E-state index is 11.8. The number of carbonyl (C=O) groups is 3. The number of nitrogens with one attached hydrogen (secondary N) is 1. The summed E-state index contributed by atoms with van der Waals surface area (Å²) in [6, 6.07) is -0.537. The Balaban J connectivity index is 2.43. The monoisotopic (exact) mass is 296 g/mol. The number of aromatic nitrogens is 2. The summed E-state index contributed by atoms with van der Waals surface area (Å²) in [4.78, 5) is 39.4. The van der Waals surface area contributed by atoms with Gasteiger partial charge in [0.2, 0.25) is 5.91 Å². The molecule has 0 bridgehead atoms. The second-order valence-corrected chi connectivity index (χ2v) is 5.07. The van der Waals surface area contributed by atoms with Crippen molar-refractivity contribution >= 4 is 17.9 Å². The Morgan fingerprint density at radius 3 is 2.62 bits per heavy atom. The molecular formula is C13H20N4O4. The Morgan fingerprint density at radius 2 is 2.10 bits per heavy atom. The van der Waals surface area contributed by atoms with Crippen LogP contribution >= 0.6 is 0 Å². The van der Waals surface area contributed by atoms with Gasteiger partial charge in [-0.2, -0.15) is 0 Å². The molecule has 0 aromatic carbocycles. The molecule has 3 amide bonds. The van der Waals surface area contributed by atoms with Crippen LogP contribution in [-0.4, -0.2) is 44.5 Å². The first-order valence-electron chi connectivity index (χ1n) is 6.52. The molecular weight excluding hydrogens is 276 g/mol. The maximum atomic E-state index is 11.8. The van der Waals surface area contributed by atoms with Gasteiger partial charge in [-0.1, -0.05) is 6.92 Å². The first-order chi connectivity index (χ1) is 9.79. The third-order valence-electron chi connectivity index (χ3n) is 2.95. The van der Waals surface area contributed by atoms with Gasteiger partial charge in [0.05, 0.1) is 6.54 Å². The minimum Gasteiger partial charge on any atom is -0.481 e. The summed E-state index contributed by atoms with van der Waals surface area (Å²) in [6.07, 6.45) is 3.28. The van der Waals surface area contributed by atoms with E-state index in [1.54, 1.807) is 30.9 Å². The Kier molecular flexibility index (Phi) is 5.89. The topological polar surface area (TPSA) is 105 Å². The van der Waals surface area contributed by atoms with Crippen molar-refractivity contribution in [3.63, 3.8) is 0 Å². The molecule has 116 valence electrons. The number of nitrogens with zero attached hydrogens (tertiary/aromatic N) is 3. The van der Waals surface area contributed by atoms with Crippen LogP contribution in [0.3, 0.4) is 0 Å². The van der Waals surface area contributed by atoms with E-state index in [1.165, 1.54) is 4.90 Å². The zero-order valence-electron chi connectivity index (χ0n) is 12.4. The third-order valence-corrected chi connectivity index (χ3v) is 2.95. The van der Waals surface area contributed by atoms with Gasteiger partial charge in [-0.05, 0) is 5.92 Å². The Labute approximate surface area is 122 Å². The number of hydrogen-bond donors (Lipinski definition) is 2. The highest BCUT2D eigenvalue weighted by Crippen LogP contribution is 2.07. The van der Waals surface area contributed by atoms with E-state index in [4.69, 9.17) is 5.11 Å². The molecule has 1 atom stereocenters. The Bertz CT molecular complexity index is 526. The highest BCUT2D eigenvalue weighted by Gasteiger charge is 2.17. The number of hydrogen-bond acceptors (Lipinski definition) is 4. The molecule has 1 heterocycles. The van der Waals surface area contributed by atoms with E-state index < -0.39 is 17.9 Å². The zero-order chi connectivity index (χ0) is 16.0. The summed E-state index contributed by atoms with van der Waals surface area (Å²) in [7, 11) is 3.37. The molecule has 0 spiro atoms. The summed E-state index contributed by atoms with van der Waals surface area (Å²) in [6.45, 7) is 1.92. The first-order valence-corrected chi connectivity index (χ1v) is 6.52. The standard InChI is InChI=1S/C13H20N4O4/c1-9(7-12(19)20)6-11(18)15-13(21)17(3)8-10-14-4-5-16(10)2/h4-5,9H,6-8H2,1-3H3,(H,19,20)(H,15,18,21). The van der Waals surface area contributed by atoms with E-state index in [9.17, 15) is 14.4 Å². The molecule has 21 heavy (non-hydrogen) atoms. The number of amides is 3. The lowest BCUT2D eigenvalue weighted by Gasteiger charge is -2.17. The van der Waals surface area contributed by atoms with Crippen molar-refractivity contribution in [1.82, 2.24) is 19.8 Å². The van der Waals surface area contributed by atoms with Crippen LogP contribution in [0.25, 0.3) is 0 Å². The molecule has 0 aliphatic heterocycles. The molecule has 1 unspecified atom stereocenters. The predicted molar refractivity (Wildman–Crippen MR) is 74.2 cm³/mol. The lowest BCUT2D eigenvalue weighted by molar-refractivity contribution is -0.138. The van der Waals surface area contributed by atoms with Gasteiger partial charge < -0.3 is 14.6 Å². The van der Waals surface area contributed by atoms with Gasteiger partial charge >= 0.3 is 12.0 Å². The summed E-state index contributed by atoms with van der Waals surface area (Å²) in [5.41, 5.74) is 0. The average molecular weight is 296 g/mol.